The van der Waals surface area contributed by atoms with Gasteiger partial charge in [0.2, 0.25) is 0 Å². The number of hydrogen-bond donors (Lipinski definition) is 2. The van der Waals surface area contributed by atoms with Gasteiger partial charge in [-0.25, -0.2) is 0 Å². The first-order chi connectivity index (χ1) is 12.0. The molecular formula is C18H19Cl2N3O2. The second kappa shape index (κ2) is 8.74. The molecule has 2 N–H and O–H groups in total. The van der Waals surface area contributed by atoms with Crippen LogP contribution in [0.25, 0.3) is 0 Å². The predicted octanol–water partition coefficient (Wildman–Crippen LogP) is 3.91. The van der Waals surface area contributed by atoms with E-state index in [1.807, 2.05) is 12.1 Å². The van der Waals surface area contributed by atoms with E-state index in [4.69, 9.17) is 23.2 Å². The quantitative estimate of drug-likeness (QED) is 0.774. The number of nitrogens with one attached hydrogen (secondary N) is 2. The third-order valence-electron chi connectivity index (χ3n) is 3.74. The highest BCUT2D eigenvalue weighted by atomic mass is 35.5. The van der Waals surface area contributed by atoms with E-state index in [1.54, 1.807) is 24.3 Å². The summed E-state index contributed by atoms with van der Waals surface area (Å²) in [5.41, 5.74) is 6.36. The molecule has 0 aliphatic carbocycles. The average molecular weight is 380 g/mol. The second-order valence-electron chi connectivity index (χ2n) is 5.23. The van der Waals surface area contributed by atoms with Gasteiger partial charge in [-0.3, -0.25) is 20.4 Å². The Morgan fingerprint density at radius 3 is 2.12 bits per heavy atom. The molecule has 2 aromatic rings. The monoisotopic (exact) mass is 379 g/mol. The Bertz CT molecular complexity index is 759. The Kier molecular flexibility index (Phi) is 6.67. The summed E-state index contributed by atoms with van der Waals surface area (Å²) in [6.07, 6.45) is 0. The first-order valence-electron chi connectivity index (χ1n) is 7.87. The van der Waals surface area contributed by atoms with Gasteiger partial charge in [-0.2, -0.15) is 0 Å². The van der Waals surface area contributed by atoms with Crippen molar-refractivity contribution in [1.82, 2.24) is 10.9 Å². The molecule has 132 valence electrons. The zero-order chi connectivity index (χ0) is 18.4. The number of amides is 2. The van der Waals surface area contributed by atoms with Gasteiger partial charge in [-0.1, -0.05) is 29.3 Å². The largest absolute Gasteiger partial charge is 0.372 e. The third-order valence-corrected chi connectivity index (χ3v) is 4.56. The van der Waals surface area contributed by atoms with Crippen LogP contribution < -0.4 is 15.8 Å². The van der Waals surface area contributed by atoms with Crippen molar-refractivity contribution in [2.45, 2.75) is 13.8 Å². The van der Waals surface area contributed by atoms with E-state index >= 15 is 0 Å². The fourth-order valence-corrected chi connectivity index (χ4v) is 2.73. The molecule has 0 aromatic heterocycles. The SMILES string of the molecule is CCN(CC)c1ccc(C(=O)NNC(=O)c2cccc(Cl)c2Cl)cc1. The zero-order valence-corrected chi connectivity index (χ0v) is 15.5. The number of hydrogen-bond acceptors (Lipinski definition) is 3. The maximum Gasteiger partial charge on any atom is 0.271 e. The molecule has 0 aliphatic rings. The summed E-state index contributed by atoms with van der Waals surface area (Å²) in [6.45, 7) is 5.91. The van der Waals surface area contributed by atoms with Crippen molar-refractivity contribution in [3.8, 4) is 0 Å². The molecule has 2 amide bonds. The molecule has 0 spiro atoms. The van der Waals surface area contributed by atoms with Crippen LogP contribution in [0.2, 0.25) is 10.0 Å². The van der Waals surface area contributed by atoms with Gasteiger partial charge in [-0.05, 0) is 50.2 Å². The minimum atomic E-state index is -0.541. The van der Waals surface area contributed by atoms with E-state index in [9.17, 15) is 9.59 Å². The lowest BCUT2D eigenvalue weighted by atomic mass is 10.2. The standard InChI is InChI=1S/C18H19Cl2N3O2/c1-3-23(4-2)13-10-8-12(9-11-13)17(24)21-22-18(25)14-6-5-7-15(19)16(14)20/h5-11H,3-4H2,1-2H3,(H,21,24)(H,22,25). The Morgan fingerprint density at radius 2 is 1.52 bits per heavy atom. The number of anilines is 1. The second-order valence-corrected chi connectivity index (χ2v) is 6.01. The third kappa shape index (κ3) is 4.65. The number of hydrazine groups is 1. The fourth-order valence-electron chi connectivity index (χ4n) is 2.34. The highest BCUT2D eigenvalue weighted by molar-refractivity contribution is 6.43. The first kappa shape index (κ1) is 19.1. The Morgan fingerprint density at radius 1 is 0.920 bits per heavy atom. The lowest BCUT2D eigenvalue weighted by molar-refractivity contribution is 0.0847. The highest BCUT2D eigenvalue weighted by Crippen LogP contribution is 2.25. The summed E-state index contributed by atoms with van der Waals surface area (Å²) in [5.74, 6) is -0.960. The maximum absolute atomic E-state index is 12.2. The summed E-state index contributed by atoms with van der Waals surface area (Å²) < 4.78 is 0. The van der Waals surface area contributed by atoms with Gasteiger partial charge in [0.1, 0.15) is 0 Å². The average Bonchev–Trinajstić information content (AvgIpc) is 2.63. The predicted molar refractivity (Wildman–Crippen MR) is 101 cm³/mol. The summed E-state index contributed by atoms with van der Waals surface area (Å²) in [7, 11) is 0. The van der Waals surface area contributed by atoms with Crippen LogP contribution in [-0.2, 0) is 0 Å². The van der Waals surface area contributed by atoms with E-state index < -0.39 is 11.8 Å². The van der Waals surface area contributed by atoms with Crippen LogP contribution in [0.4, 0.5) is 5.69 Å². The summed E-state index contributed by atoms with van der Waals surface area (Å²) in [6, 6.07) is 11.9. The topological polar surface area (TPSA) is 61.4 Å². The van der Waals surface area contributed by atoms with Crippen LogP contribution in [0.15, 0.2) is 42.5 Å². The van der Waals surface area contributed by atoms with Crippen LogP contribution in [0.1, 0.15) is 34.6 Å². The Labute approximate surface area is 156 Å². The number of benzene rings is 2. The molecule has 7 heteroatoms. The van der Waals surface area contributed by atoms with Crippen LogP contribution in [0, 0.1) is 0 Å². The van der Waals surface area contributed by atoms with E-state index in [1.165, 1.54) is 6.07 Å². The minimum absolute atomic E-state index is 0.138. The Hall–Kier alpha value is -2.24. The van der Waals surface area contributed by atoms with Crippen molar-refractivity contribution in [3.63, 3.8) is 0 Å². The van der Waals surface area contributed by atoms with Crippen molar-refractivity contribution >= 4 is 40.7 Å². The first-order valence-corrected chi connectivity index (χ1v) is 8.63. The van der Waals surface area contributed by atoms with Crippen LogP contribution in [0.3, 0.4) is 0 Å². The van der Waals surface area contributed by atoms with Crippen molar-refractivity contribution in [2.75, 3.05) is 18.0 Å². The summed E-state index contributed by atoms with van der Waals surface area (Å²) in [4.78, 5) is 26.4. The Balaban J connectivity index is 2.00. The molecule has 0 saturated heterocycles. The molecule has 0 unspecified atom stereocenters. The van der Waals surface area contributed by atoms with Gasteiger partial charge in [0.15, 0.2) is 0 Å². The van der Waals surface area contributed by atoms with Gasteiger partial charge in [0, 0.05) is 24.3 Å². The molecule has 5 nitrogen and oxygen atoms in total. The fraction of sp³-hybridized carbons (Fsp3) is 0.222. The summed E-state index contributed by atoms with van der Waals surface area (Å²) in [5, 5.41) is 0.409. The molecular weight excluding hydrogens is 361 g/mol. The molecule has 0 fully saturated rings. The number of nitrogens with zero attached hydrogens (tertiary/aromatic N) is 1. The molecule has 0 aliphatic heterocycles. The molecule has 0 atom stereocenters. The smallest absolute Gasteiger partial charge is 0.271 e. The zero-order valence-electron chi connectivity index (χ0n) is 14.0. The van der Waals surface area contributed by atoms with Gasteiger partial charge < -0.3 is 4.90 Å². The van der Waals surface area contributed by atoms with Gasteiger partial charge >= 0.3 is 0 Å². The van der Waals surface area contributed by atoms with Crippen molar-refractivity contribution in [3.05, 3.63) is 63.6 Å². The van der Waals surface area contributed by atoms with Crippen LogP contribution in [0.5, 0.6) is 0 Å². The molecule has 2 aromatic carbocycles. The van der Waals surface area contributed by atoms with E-state index in [0.29, 0.717) is 5.56 Å². The lowest BCUT2D eigenvalue weighted by Gasteiger charge is -2.21. The van der Waals surface area contributed by atoms with Gasteiger partial charge in [0.25, 0.3) is 11.8 Å². The maximum atomic E-state index is 12.2. The lowest BCUT2D eigenvalue weighted by Crippen LogP contribution is -2.41. The molecule has 0 heterocycles. The van der Waals surface area contributed by atoms with E-state index in [0.717, 1.165) is 18.8 Å². The highest BCUT2D eigenvalue weighted by Gasteiger charge is 2.14. The number of carbonyl (C=O) groups excluding carboxylic acids is 2. The van der Waals surface area contributed by atoms with Crippen molar-refractivity contribution < 1.29 is 9.59 Å². The number of halogens is 2. The molecule has 0 bridgehead atoms. The van der Waals surface area contributed by atoms with E-state index in [-0.39, 0.29) is 15.6 Å². The summed E-state index contributed by atoms with van der Waals surface area (Å²) >= 11 is 11.9. The van der Waals surface area contributed by atoms with Gasteiger partial charge in [-0.15, -0.1) is 0 Å². The molecule has 25 heavy (non-hydrogen) atoms. The molecule has 0 saturated carbocycles. The van der Waals surface area contributed by atoms with Crippen molar-refractivity contribution in [1.29, 1.82) is 0 Å². The number of rotatable bonds is 5. The van der Waals surface area contributed by atoms with Crippen LogP contribution in [-0.4, -0.2) is 24.9 Å². The van der Waals surface area contributed by atoms with Crippen molar-refractivity contribution in [2.24, 2.45) is 0 Å². The minimum Gasteiger partial charge on any atom is -0.372 e. The molecule has 0 radical (unpaired) electrons. The van der Waals surface area contributed by atoms with E-state index in [2.05, 4.69) is 29.6 Å². The van der Waals surface area contributed by atoms with Gasteiger partial charge in [0.05, 0.1) is 15.6 Å². The molecule has 2 rings (SSSR count). The number of carbonyl (C=O) groups is 2. The van der Waals surface area contributed by atoms with Crippen LogP contribution >= 0.6 is 23.2 Å². The normalized spacial score (nSPS) is 10.2.